The number of likely N-dealkylation sites (tertiary alicyclic amines) is 1. The van der Waals surface area contributed by atoms with Crippen molar-refractivity contribution in [3.05, 3.63) is 59.5 Å². The Morgan fingerprint density at radius 3 is 2.65 bits per heavy atom. The number of aryl methyl sites for hydroxylation is 1. The molecule has 1 fully saturated rings. The van der Waals surface area contributed by atoms with Crippen molar-refractivity contribution < 1.29 is 18.8 Å². The molecule has 7 nitrogen and oxygen atoms in total. The van der Waals surface area contributed by atoms with Crippen molar-refractivity contribution in [1.29, 1.82) is 0 Å². The van der Waals surface area contributed by atoms with Crippen molar-refractivity contribution in [3.63, 3.8) is 0 Å². The van der Waals surface area contributed by atoms with Gasteiger partial charge in [0.25, 0.3) is 0 Å². The molecule has 1 aromatic heterocycles. The topological polar surface area (TPSA) is 77.7 Å². The van der Waals surface area contributed by atoms with Crippen LogP contribution in [0.3, 0.4) is 0 Å². The highest BCUT2D eigenvalue weighted by molar-refractivity contribution is 5.79. The van der Waals surface area contributed by atoms with Gasteiger partial charge >= 0.3 is 0 Å². The fourth-order valence-corrected chi connectivity index (χ4v) is 3.68. The average Bonchev–Trinajstić information content (AvgIpc) is 3.37. The minimum Gasteiger partial charge on any atom is -0.493 e. The van der Waals surface area contributed by atoms with Gasteiger partial charge < -0.3 is 18.9 Å². The predicted octanol–water partition coefficient (Wildman–Crippen LogP) is 4.36. The van der Waals surface area contributed by atoms with E-state index in [4.69, 9.17) is 14.0 Å². The van der Waals surface area contributed by atoms with Crippen LogP contribution in [0.25, 0.3) is 11.4 Å². The molecule has 1 atom stereocenters. The number of methoxy groups -OCH3 is 1. The monoisotopic (exact) mass is 421 g/mol. The van der Waals surface area contributed by atoms with Crippen molar-refractivity contribution in [2.45, 2.75) is 45.8 Å². The number of rotatable bonds is 7. The first-order valence-corrected chi connectivity index (χ1v) is 10.4. The van der Waals surface area contributed by atoms with Crippen LogP contribution in [0.5, 0.6) is 11.5 Å². The lowest BCUT2D eigenvalue weighted by molar-refractivity contribution is -0.128. The van der Waals surface area contributed by atoms with E-state index in [-0.39, 0.29) is 17.9 Å². The molecule has 0 bridgehead atoms. The number of aromatic nitrogens is 2. The molecule has 1 aliphatic heterocycles. The molecule has 162 valence electrons. The van der Waals surface area contributed by atoms with Gasteiger partial charge in [-0.1, -0.05) is 35.0 Å². The Kier molecular flexibility index (Phi) is 5.93. The van der Waals surface area contributed by atoms with Gasteiger partial charge in [-0.2, -0.15) is 4.98 Å². The zero-order chi connectivity index (χ0) is 22.0. The zero-order valence-corrected chi connectivity index (χ0v) is 18.3. The number of carbonyl (C=O) groups is 1. The van der Waals surface area contributed by atoms with E-state index in [9.17, 15) is 4.79 Å². The van der Waals surface area contributed by atoms with Crippen LogP contribution >= 0.6 is 0 Å². The van der Waals surface area contributed by atoms with Gasteiger partial charge in [0.1, 0.15) is 0 Å². The molecule has 2 aromatic carbocycles. The quantitative estimate of drug-likeness (QED) is 0.564. The van der Waals surface area contributed by atoms with E-state index in [2.05, 4.69) is 41.3 Å². The van der Waals surface area contributed by atoms with Gasteiger partial charge in [0.05, 0.1) is 19.1 Å². The van der Waals surface area contributed by atoms with Crippen LogP contribution in [-0.2, 0) is 11.3 Å². The van der Waals surface area contributed by atoms with Gasteiger partial charge in [-0.3, -0.25) is 4.79 Å². The zero-order valence-electron chi connectivity index (χ0n) is 18.3. The molecule has 1 saturated heterocycles. The summed E-state index contributed by atoms with van der Waals surface area (Å²) < 4.78 is 16.7. The van der Waals surface area contributed by atoms with Crippen molar-refractivity contribution >= 4 is 5.91 Å². The molecule has 0 spiro atoms. The summed E-state index contributed by atoms with van der Waals surface area (Å²) >= 11 is 0. The maximum atomic E-state index is 12.5. The molecule has 0 N–H and O–H groups in total. The number of hydrogen-bond donors (Lipinski definition) is 0. The lowest BCUT2D eigenvalue weighted by Gasteiger charge is -2.16. The highest BCUT2D eigenvalue weighted by Gasteiger charge is 2.34. The third kappa shape index (κ3) is 4.71. The molecule has 0 saturated carbocycles. The van der Waals surface area contributed by atoms with E-state index in [1.54, 1.807) is 7.11 Å². The molecule has 1 unspecified atom stereocenters. The van der Waals surface area contributed by atoms with Crippen molar-refractivity contribution in [3.8, 4) is 22.9 Å². The number of amides is 1. The summed E-state index contributed by atoms with van der Waals surface area (Å²) in [6.45, 7) is 7.13. The number of hydrogen-bond acceptors (Lipinski definition) is 6. The van der Waals surface area contributed by atoms with Crippen LogP contribution < -0.4 is 9.47 Å². The molecule has 4 rings (SSSR count). The van der Waals surface area contributed by atoms with Gasteiger partial charge in [0, 0.05) is 25.1 Å². The maximum absolute atomic E-state index is 12.5. The molecule has 31 heavy (non-hydrogen) atoms. The Bertz CT molecular complexity index is 1060. The number of carbonyl (C=O) groups excluding carboxylic acids is 1. The van der Waals surface area contributed by atoms with E-state index >= 15 is 0 Å². The number of benzene rings is 2. The van der Waals surface area contributed by atoms with Crippen LogP contribution in [0.2, 0.25) is 0 Å². The van der Waals surface area contributed by atoms with Gasteiger partial charge in [0.2, 0.25) is 17.6 Å². The van der Waals surface area contributed by atoms with Crippen LogP contribution in [0.15, 0.2) is 47.0 Å². The molecular formula is C24H27N3O4. The third-order valence-electron chi connectivity index (χ3n) is 5.28. The Morgan fingerprint density at radius 2 is 1.94 bits per heavy atom. The largest absolute Gasteiger partial charge is 0.493 e. The van der Waals surface area contributed by atoms with E-state index in [1.807, 2.05) is 36.9 Å². The Hall–Kier alpha value is -3.35. The summed E-state index contributed by atoms with van der Waals surface area (Å²) in [5, 5.41) is 4.13. The van der Waals surface area contributed by atoms with Crippen molar-refractivity contribution in [2.75, 3.05) is 13.7 Å². The standard InChI is InChI=1S/C24H27N3O4/c1-15(2)30-20-10-9-18(11-21(20)29-4)23-25-24(31-26-23)19-12-22(28)27(14-19)13-17-7-5-16(3)6-8-17/h5-11,15,19H,12-14H2,1-4H3. The van der Waals surface area contributed by atoms with Crippen LogP contribution in [-0.4, -0.2) is 40.7 Å². The van der Waals surface area contributed by atoms with Gasteiger partial charge in [-0.05, 0) is 44.5 Å². The first kappa shape index (κ1) is 20.9. The maximum Gasteiger partial charge on any atom is 0.232 e. The Morgan fingerprint density at radius 1 is 1.16 bits per heavy atom. The summed E-state index contributed by atoms with van der Waals surface area (Å²) in [7, 11) is 1.60. The summed E-state index contributed by atoms with van der Waals surface area (Å²) in [5.74, 6) is 2.22. The molecule has 1 aliphatic rings. The Labute approximate surface area is 182 Å². The fraction of sp³-hybridized carbons (Fsp3) is 0.375. The molecule has 1 amide bonds. The number of ether oxygens (including phenoxy) is 2. The van der Waals surface area contributed by atoms with E-state index in [0.717, 1.165) is 11.1 Å². The van der Waals surface area contributed by atoms with Crippen LogP contribution in [0.1, 0.15) is 43.2 Å². The Balaban J connectivity index is 1.47. The second-order valence-corrected chi connectivity index (χ2v) is 8.15. The van der Waals surface area contributed by atoms with E-state index in [0.29, 0.717) is 42.7 Å². The van der Waals surface area contributed by atoms with Gasteiger partial charge in [0.15, 0.2) is 11.5 Å². The summed E-state index contributed by atoms with van der Waals surface area (Å²) in [6, 6.07) is 13.8. The van der Waals surface area contributed by atoms with Gasteiger partial charge in [-0.15, -0.1) is 0 Å². The SMILES string of the molecule is COc1cc(-c2noc(C3CC(=O)N(Cc4ccc(C)cc4)C3)n2)ccc1OC(C)C. The fourth-order valence-electron chi connectivity index (χ4n) is 3.68. The first-order valence-electron chi connectivity index (χ1n) is 10.4. The first-order chi connectivity index (χ1) is 14.9. The second-order valence-electron chi connectivity index (χ2n) is 8.15. The molecule has 0 radical (unpaired) electrons. The molecular weight excluding hydrogens is 394 g/mol. The molecule has 3 aromatic rings. The highest BCUT2D eigenvalue weighted by Crippen LogP contribution is 2.34. The van der Waals surface area contributed by atoms with Crippen molar-refractivity contribution in [1.82, 2.24) is 15.0 Å². The lowest BCUT2D eigenvalue weighted by atomic mass is 10.1. The van der Waals surface area contributed by atoms with Crippen LogP contribution in [0, 0.1) is 6.92 Å². The smallest absolute Gasteiger partial charge is 0.232 e. The summed E-state index contributed by atoms with van der Waals surface area (Å²) in [4.78, 5) is 18.9. The van der Waals surface area contributed by atoms with E-state index in [1.165, 1.54) is 5.56 Å². The molecule has 0 aliphatic carbocycles. The molecule has 2 heterocycles. The van der Waals surface area contributed by atoms with Crippen molar-refractivity contribution in [2.24, 2.45) is 0 Å². The third-order valence-corrected chi connectivity index (χ3v) is 5.28. The van der Waals surface area contributed by atoms with Crippen LogP contribution in [0.4, 0.5) is 0 Å². The lowest BCUT2D eigenvalue weighted by Crippen LogP contribution is -2.24. The average molecular weight is 421 g/mol. The molecule has 7 heteroatoms. The minimum atomic E-state index is -0.107. The summed E-state index contributed by atoms with van der Waals surface area (Å²) in [6.07, 6.45) is 0.414. The normalized spacial score (nSPS) is 16.2. The minimum absolute atomic E-state index is 0.0410. The highest BCUT2D eigenvalue weighted by atomic mass is 16.5. The second kappa shape index (κ2) is 8.79. The van der Waals surface area contributed by atoms with Gasteiger partial charge in [-0.25, -0.2) is 0 Å². The summed E-state index contributed by atoms with van der Waals surface area (Å²) in [5.41, 5.74) is 3.08. The van der Waals surface area contributed by atoms with E-state index < -0.39 is 0 Å². The predicted molar refractivity (Wildman–Crippen MR) is 116 cm³/mol. The number of nitrogens with zero attached hydrogens (tertiary/aromatic N) is 3.